The molecule has 0 radical (unpaired) electrons. The van der Waals surface area contributed by atoms with Crippen LogP contribution in [0.2, 0.25) is 5.15 Å². The van der Waals surface area contributed by atoms with Gasteiger partial charge in [0.1, 0.15) is 5.15 Å². The molecule has 1 N–H and O–H groups in total. The van der Waals surface area contributed by atoms with Gasteiger partial charge >= 0.3 is 0 Å². The van der Waals surface area contributed by atoms with Gasteiger partial charge in [0, 0.05) is 44.0 Å². The number of hydrogen-bond donors (Lipinski definition) is 1. The molecule has 0 spiro atoms. The fourth-order valence-corrected chi connectivity index (χ4v) is 2.98. The molecule has 0 aliphatic carbocycles. The number of halogens is 1. The molecular formula is C14H22ClN3. The molecule has 3 nitrogen and oxygen atoms in total. The Balaban J connectivity index is 2.34. The lowest BCUT2D eigenvalue weighted by Crippen LogP contribution is -2.48. The minimum atomic E-state index is 0.143. The molecule has 0 saturated carbocycles. The second-order valence-electron chi connectivity index (χ2n) is 5.94. The zero-order chi connectivity index (χ0) is 13.2. The number of nitrogens with zero attached hydrogens (tertiary/aromatic N) is 2. The van der Waals surface area contributed by atoms with E-state index >= 15 is 0 Å². The monoisotopic (exact) mass is 267 g/mol. The Hall–Kier alpha value is -0.640. The maximum Gasteiger partial charge on any atom is 0.133 e. The molecule has 1 fully saturated rings. The van der Waals surface area contributed by atoms with Gasteiger partial charge in [-0.2, -0.15) is 0 Å². The SMILES string of the molecule is CC(C)(C)[C@@H](c1cccnc1Cl)N1CCNCC1. The Morgan fingerprint density at radius 3 is 2.56 bits per heavy atom. The van der Waals surface area contributed by atoms with Crippen LogP contribution in [0.5, 0.6) is 0 Å². The molecule has 1 atom stereocenters. The van der Waals surface area contributed by atoms with Gasteiger partial charge in [-0.15, -0.1) is 0 Å². The lowest BCUT2D eigenvalue weighted by atomic mass is 9.81. The van der Waals surface area contributed by atoms with Crippen LogP contribution in [0, 0.1) is 5.41 Å². The Morgan fingerprint density at radius 2 is 2.00 bits per heavy atom. The van der Waals surface area contributed by atoms with Crippen molar-refractivity contribution in [2.24, 2.45) is 5.41 Å². The first-order valence-corrected chi connectivity index (χ1v) is 6.93. The summed E-state index contributed by atoms with van der Waals surface area (Å²) in [5, 5.41) is 4.03. The standard InChI is InChI=1S/C14H22ClN3/c1-14(2,3)12(18-9-7-16-8-10-18)11-5-4-6-17-13(11)15/h4-6,12,16H,7-10H2,1-3H3/t12-/m1/s1. The van der Waals surface area contributed by atoms with E-state index in [1.165, 1.54) is 0 Å². The third-order valence-corrected chi connectivity index (χ3v) is 3.74. The first kappa shape index (κ1) is 13.8. The predicted octanol–water partition coefficient (Wildman–Crippen LogP) is 2.73. The van der Waals surface area contributed by atoms with Crippen LogP contribution in [-0.2, 0) is 0 Å². The van der Waals surface area contributed by atoms with Crippen molar-refractivity contribution in [2.45, 2.75) is 26.8 Å². The van der Waals surface area contributed by atoms with E-state index in [0.717, 1.165) is 31.7 Å². The largest absolute Gasteiger partial charge is 0.314 e. The van der Waals surface area contributed by atoms with Crippen molar-refractivity contribution in [3.05, 3.63) is 29.0 Å². The van der Waals surface area contributed by atoms with Crippen molar-refractivity contribution in [3.63, 3.8) is 0 Å². The molecule has 100 valence electrons. The summed E-state index contributed by atoms with van der Waals surface area (Å²) < 4.78 is 0. The van der Waals surface area contributed by atoms with Crippen LogP contribution in [0.15, 0.2) is 18.3 Å². The Morgan fingerprint density at radius 1 is 1.33 bits per heavy atom. The van der Waals surface area contributed by atoms with Crippen molar-refractivity contribution in [1.82, 2.24) is 15.2 Å². The van der Waals surface area contributed by atoms with E-state index in [2.05, 4.69) is 42.0 Å². The van der Waals surface area contributed by atoms with Crippen LogP contribution in [-0.4, -0.2) is 36.1 Å². The minimum Gasteiger partial charge on any atom is -0.314 e. The molecule has 1 aromatic heterocycles. The van der Waals surface area contributed by atoms with Gasteiger partial charge in [0.15, 0.2) is 0 Å². The van der Waals surface area contributed by atoms with Gasteiger partial charge in [0.25, 0.3) is 0 Å². The molecule has 2 rings (SSSR count). The zero-order valence-corrected chi connectivity index (χ0v) is 12.2. The van der Waals surface area contributed by atoms with Gasteiger partial charge in [-0.3, -0.25) is 4.90 Å². The molecule has 1 aromatic rings. The van der Waals surface area contributed by atoms with Gasteiger partial charge in [-0.1, -0.05) is 38.4 Å². The van der Waals surface area contributed by atoms with Crippen molar-refractivity contribution in [2.75, 3.05) is 26.2 Å². The summed E-state index contributed by atoms with van der Waals surface area (Å²) in [7, 11) is 0. The van der Waals surface area contributed by atoms with Crippen molar-refractivity contribution >= 4 is 11.6 Å². The lowest BCUT2D eigenvalue weighted by Gasteiger charge is -2.42. The smallest absolute Gasteiger partial charge is 0.133 e. The average Bonchev–Trinajstić information content (AvgIpc) is 2.32. The molecule has 0 unspecified atom stereocenters. The summed E-state index contributed by atoms with van der Waals surface area (Å²) in [6.07, 6.45) is 1.75. The van der Waals surface area contributed by atoms with E-state index in [1.807, 2.05) is 6.07 Å². The first-order valence-electron chi connectivity index (χ1n) is 6.55. The normalized spacial score (nSPS) is 19.8. The Labute approximate surface area is 115 Å². The fourth-order valence-electron chi connectivity index (χ4n) is 2.75. The summed E-state index contributed by atoms with van der Waals surface area (Å²) in [5.41, 5.74) is 1.29. The Bertz CT molecular complexity index is 394. The van der Waals surface area contributed by atoms with Crippen molar-refractivity contribution in [3.8, 4) is 0 Å². The topological polar surface area (TPSA) is 28.2 Å². The van der Waals surface area contributed by atoms with Crippen LogP contribution in [0.4, 0.5) is 0 Å². The Kier molecular flexibility index (Phi) is 4.25. The third-order valence-electron chi connectivity index (χ3n) is 3.42. The van der Waals surface area contributed by atoms with E-state index in [1.54, 1.807) is 6.20 Å². The van der Waals surface area contributed by atoms with Crippen LogP contribution in [0.25, 0.3) is 0 Å². The molecule has 1 aliphatic rings. The fraction of sp³-hybridized carbons (Fsp3) is 0.643. The quantitative estimate of drug-likeness (QED) is 0.836. The van der Waals surface area contributed by atoms with Crippen LogP contribution < -0.4 is 5.32 Å². The lowest BCUT2D eigenvalue weighted by molar-refractivity contribution is 0.0860. The number of nitrogens with one attached hydrogen (secondary N) is 1. The van der Waals surface area contributed by atoms with Gasteiger partial charge in [-0.25, -0.2) is 4.98 Å². The van der Waals surface area contributed by atoms with Gasteiger partial charge in [0.05, 0.1) is 0 Å². The van der Waals surface area contributed by atoms with E-state index in [-0.39, 0.29) is 5.41 Å². The van der Waals surface area contributed by atoms with Crippen LogP contribution in [0.3, 0.4) is 0 Å². The third kappa shape index (κ3) is 3.02. The second-order valence-corrected chi connectivity index (χ2v) is 6.30. The van der Waals surface area contributed by atoms with Crippen LogP contribution in [0.1, 0.15) is 32.4 Å². The van der Waals surface area contributed by atoms with Gasteiger partial charge < -0.3 is 5.32 Å². The molecule has 1 saturated heterocycles. The molecule has 0 aromatic carbocycles. The number of hydrogen-bond acceptors (Lipinski definition) is 3. The highest BCUT2D eigenvalue weighted by Gasteiger charge is 2.33. The van der Waals surface area contributed by atoms with E-state index < -0.39 is 0 Å². The zero-order valence-electron chi connectivity index (χ0n) is 11.4. The predicted molar refractivity (Wildman–Crippen MR) is 75.9 cm³/mol. The summed E-state index contributed by atoms with van der Waals surface area (Å²) in [4.78, 5) is 6.74. The van der Waals surface area contributed by atoms with Gasteiger partial charge in [0.2, 0.25) is 0 Å². The highest BCUT2D eigenvalue weighted by molar-refractivity contribution is 6.30. The second kappa shape index (κ2) is 5.55. The highest BCUT2D eigenvalue weighted by Crippen LogP contribution is 2.40. The molecule has 0 amide bonds. The summed E-state index contributed by atoms with van der Waals surface area (Å²) in [5.74, 6) is 0. The molecule has 0 bridgehead atoms. The minimum absolute atomic E-state index is 0.143. The number of piperazine rings is 1. The summed E-state index contributed by atoms with van der Waals surface area (Å²) >= 11 is 6.29. The highest BCUT2D eigenvalue weighted by atomic mass is 35.5. The maximum absolute atomic E-state index is 6.29. The summed E-state index contributed by atoms with van der Waals surface area (Å²) in [6.45, 7) is 11.0. The first-order chi connectivity index (χ1) is 8.50. The molecule has 1 aliphatic heterocycles. The van der Waals surface area contributed by atoms with Gasteiger partial charge in [-0.05, 0) is 11.5 Å². The number of pyridine rings is 1. The van der Waals surface area contributed by atoms with E-state index in [4.69, 9.17) is 11.6 Å². The van der Waals surface area contributed by atoms with Crippen molar-refractivity contribution < 1.29 is 0 Å². The number of rotatable bonds is 2. The summed E-state index contributed by atoms with van der Waals surface area (Å²) in [6, 6.07) is 4.40. The van der Waals surface area contributed by atoms with E-state index in [9.17, 15) is 0 Å². The molecular weight excluding hydrogens is 246 g/mol. The molecule has 2 heterocycles. The molecule has 4 heteroatoms. The number of aromatic nitrogens is 1. The maximum atomic E-state index is 6.29. The van der Waals surface area contributed by atoms with E-state index in [0.29, 0.717) is 11.2 Å². The molecule has 18 heavy (non-hydrogen) atoms. The van der Waals surface area contributed by atoms with Crippen molar-refractivity contribution in [1.29, 1.82) is 0 Å². The average molecular weight is 268 g/mol. The van der Waals surface area contributed by atoms with Crippen LogP contribution >= 0.6 is 11.6 Å².